The molecule has 0 saturated carbocycles. The highest BCUT2D eigenvalue weighted by Gasteiger charge is 2.22. The first kappa shape index (κ1) is 12.9. The Morgan fingerprint density at radius 1 is 1.58 bits per heavy atom. The number of nitrogens with zero attached hydrogens (tertiary/aromatic N) is 4. The molecule has 98 valence electrons. The molecular weight excluding hydrogens is 244 g/mol. The third kappa shape index (κ3) is 2.36. The second-order valence-corrected chi connectivity index (χ2v) is 4.01. The minimum absolute atomic E-state index is 0.135. The number of aromatic carboxylic acids is 1. The second-order valence-electron chi connectivity index (χ2n) is 4.01. The lowest BCUT2D eigenvalue weighted by molar-refractivity contribution is 0.0690. The Bertz CT molecular complexity index is 642. The van der Waals surface area contributed by atoms with Crippen molar-refractivity contribution in [2.45, 2.75) is 13.3 Å². The van der Waals surface area contributed by atoms with Crippen LogP contribution in [0.1, 0.15) is 23.8 Å². The van der Waals surface area contributed by atoms with Crippen LogP contribution < -0.4 is 4.90 Å². The van der Waals surface area contributed by atoms with Crippen LogP contribution in [0.4, 0.5) is 5.82 Å². The van der Waals surface area contributed by atoms with Gasteiger partial charge in [-0.3, -0.25) is 4.40 Å². The highest BCUT2D eigenvalue weighted by molar-refractivity contribution is 5.93. The Kier molecular flexibility index (Phi) is 3.66. The largest absolute Gasteiger partial charge is 0.476 e. The minimum Gasteiger partial charge on any atom is -0.476 e. The highest BCUT2D eigenvalue weighted by atomic mass is 16.4. The molecular formula is C13H14N4O2. The van der Waals surface area contributed by atoms with Crippen LogP contribution in [0.3, 0.4) is 0 Å². The summed E-state index contributed by atoms with van der Waals surface area (Å²) in [6.07, 6.45) is 2.01. The van der Waals surface area contributed by atoms with Gasteiger partial charge < -0.3 is 10.0 Å². The van der Waals surface area contributed by atoms with Crippen molar-refractivity contribution in [2.75, 3.05) is 18.0 Å². The first-order valence-electron chi connectivity index (χ1n) is 6.01. The van der Waals surface area contributed by atoms with Crippen molar-refractivity contribution in [1.29, 1.82) is 5.26 Å². The van der Waals surface area contributed by atoms with Gasteiger partial charge in [-0.15, -0.1) is 0 Å². The lowest BCUT2D eigenvalue weighted by Crippen LogP contribution is -2.26. The summed E-state index contributed by atoms with van der Waals surface area (Å²) in [7, 11) is 0. The van der Waals surface area contributed by atoms with Gasteiger partial charge in [0.2, 0.25) is 0 Å². The molecule has 0 saturated heterocycles. The highest BCUT2D eigenvalue weighted by Crippen LogP contribution is 2.21. The molecule has 0 bridgehead atoms. The summed E-state index contributed by atoms with van der Waals surface area (Å²) in [4.78, 5) is 17.6. The van der Waals surface area contributed by atoms with Crippen molar-refractivity contribution in [2.24, 2.45) is 0 Å². The van der Waals surface area contributed by atoms with Gasteiger partial charge in [-0.25, -0.2) is 9.78 Å². The maximum absolute atomic E-state index is 11.4. The van der Waals surface area contributed by atoms with E-state index in [0.717, 1.165) is 0 Å². The molecule has 2 heterocycles. The summed E-state index contributed by atoms with van der Waals surface area (Å²) >= 11 is 0. The van der Waals surface area contributed by atoms with E-state index in [1.165, 1.54) is 0 Å². The number of rotatable bonds is 5. The summed E-state index contributed by atoms with van der Waals surface area (Å²) in [5.74, 6) is -0.611. The number of carbonyl (C=O) groups is 1. The van der Waals surface area contributed by atoms with Gasteiger partial charge in [0.05, 0.1) is 12.5 Å². The SMILES string of the molecule is CCN(CCC#N)c1nc2ccccn2c1C(=O)O. The third-order valence-electron chi connectivity index (χ3n) is 2.89. The molecule has 0 radical (unpaired) electrons. The predicted octanol–water partition coefficient (Wildman–Crippen LogP) is 1.77. The normalized spacial score (nSPS) is 10.3. The Morgan fingerprint density at radius 3 is 3.00 bits per heavy atom. The zero-order valence-corrected chi connectivity index (χ0v) is 10.6. The van der Waals surface area contributed by atoms with E-state index in [1.54, 1.807) is 27.6 Å². The number of pyridine rings is 1. The fraction of sp³-hybridized carbons (Fsp3) is 0.308. The van der Waals surface area contributed by atoms with Crippen molar-refractivity contribution in [3.05, 3.63) is 30.1 Å². The fourth-order valence-electron chi connectivity index (χ4n) is 2.00. The van der Waals surface area contributed by atoms with Gasteiger partial charge in [-0.1, -0.05) is 6.07 Å². The number of carboxylic acid groups (broad SMARTS) is 1. The number of nitriles is 1. The molecule has 2 aromatic rings. The topological polar surface area (TPSA) is 81.6 Å². The van der Waals surface area contributed by atoms with Gasteiger partial charge >= 0.3 is 5.97 Å². The van der Waals surface area contributed by atoms with Crippen LogP contribution in [0.5, 0.6) is 0 Å². The quantitative estimate of drug-likeness (QED) is 0.883. The third-order valence-corrected chi connectivity index (χ3v) is 2.89. The zero-order valence-electron chi connectivity index (χ0n) is 10.6. The summed E-state index contributed by atoms with van der Waals surface area (Å²) in [5.41, 5.74) is 0.723. The average molecular weight is 258 g/mol. The van der Waals surface area contributed by atoms with Crippen molar-refractivity contribution >= 4 is 17.4 Å². The fourth-order valence-corrected chi connectivity index (χ4v) is 2.00. The molecule has 0 aliphatic rings. The molecule has 0 fully saturated rings. The van der Waals surface area contributed by atoms with E-state index in [-0.39, 0.29) is 5.69 Å². The van der Waals surface area contributed by atoms with E-state index >= 15 is 0 Å². The molecule has 0 aromatic carbocycles. The molecule has 0 unspecified atom stereocenters. The minimum atomic E-state index is -1.02. The van der Waals surface area contributed by atoms with Gasteiger partial charge in [0.25, 0.3) is 0 Å². The molecule has 1 N–H and O–H groups in total. The average Bonchev–Trinajstić information content (AvgIpc) is 2.79. The number of aromatic nitrogens is 2. The zero-order chi connectivity index (χ0) is 13.8. The number of carboxylic acids is 1. The van der Waals surface area contributed by atoms with E-state index in [2.05, 4.69) is 11.1 Å². The van der Waals surface area contributed by atoms with E-state index in [4.69, 9.17) is 5.26 Å². The van der Waals surface area contributed by atoms with Crippen molar-refractivity contribution in [3.63, 3.8) is 0 Å². The molecule has 2 rings (SSSR count). The number of imidazole rings is 1. The smallest absolute Gasteiger partial charge is 0.356 e. The molecule has 6 nitrogen and oxygen atoms in total. The van der Waals surface area contributed by atoms with E-state index in [1.807, 2.05) is 13.0 Å². The first-order chi connectivity index (χ1) is 9.19. The Morgan fingerprint density at radius 2 is 2.37 bits per heavy atom. The number of hydrogen-bond donors (Lipinski definition) is 1. The molecule has 0 aliphatic heterocycles. The maximum Gasteiger partial charge on any atom is 0.356 e. The lowest BCUT2D eigenvalue weighted by atomic mass is 10.3. The molecule has 0 amide bonds. The summed E-state index contributed by atoms with van der Waals surface area (Å²) in [6, 6.07) is 7.39. The molecule has 6 heteroatoms. The van der Waals surface area contributed by atoms with Crippen LogP contribution in [0.2, 0.25) is 0 Å². The molecule has 0 atom stereocenters. The Hall–Kier alpha value is -2.55. The van der Waals surface area contributed by atoms with Gasteiger partial charge in [0, 0.05) is 19.3 Å². The Labute approximate surface area is 110 Å². The summed E-state index contributed by atoms with van der Waals surface area (Å²) < 4.78 is 1.55. The van der Waals surface area contributed by atoms with Crippen LogP contribution in [0.25, 0.3) is 5.65 Å². The van der Waals surface area contributed by atoms with Crippen LogP contribution in [-0.2, 0) is 0 Å². The van der Waals surface area contributed by atoms with Gasteiger partial charge in [-0.2, -0.15) is 5.26 Å². The van der Waals surface area contributed by atoms with Crippen LogP contribution in [0.15, 0.2) is 24.4 Å². The molecule has 0 spiro atoms. The standard InChI is InChI=1S/C13H14N4O2/c1-2-16(8-5-7-14)12-11(13(18)19)17-9-4-3-6-10(17)15-12/h3-4,6,9H,2,5,8H2,1H3,(H,18,19). The second kappa shape index (κ2) is 5.40. The monoisotopic (exact) mass is 258 g/mol. The Balaban J connectivity index is 2.55. The maximum atomic E-state index is 11.4. The van der Waals surface area contributed by atoms with E-state index in [0.29, 0.717) is 31.0 Å². The molecule has 19 heavy (non-hydrogen) atoms. The van der Waals surface area contributed by atoms with Gasteiger partial charge in [0.15, 0.2) is 11.5 Å². The van der Waals surface area contributed by atoms with Crippen molar-refractivity contribution < 1.29 is 9.90 Å². The van der Waals surface area contributed by atoms with Crippen LogP contribution in [0, 0.1) is 11.3 Å². The van der Waals surface area contributed by atoms with E-state index in [9.17, 15) is 9.90 Å². The lowest BCUT2D eigenvalue weighted by Gasteiger charge is -2.19. The van der Waals surface area contributed by atoms with Crippen LogP contribution in [-0.4, -0.2) is 33.6 Å². The van der Waals surface area contributed by atoms with Crippen LogP contribution >= 0.6 is 0 Å². The number of fused-ring (bicyclic) bond motifs is 1. The van der Waals surface area contributed by atoms with Crippen molar-refractivity contribution in [1.82, 2.24) is 9.38 Å². The van der Waals surface area contributed by atoms with Gasteiger partial charge in [0.1, 0.15) is 5.65 Å². The number of anilines is 1. The van der Waals surface area contributed by atoms with Crippen molar-refractivity contribution in [3.8, 4) is 6.07 Å². The van der Waals surface area contributed by atoms with Gasteiger partial charge in [-0.05, 0) is 19.1 Å². The molecule has 0 aliphatic carbocycles. The summed E-state index contributed by atoms with van der Waals surface area (Å²) in [5, 5.41) is 18.0. The summed E-state index contributed by atoms with van der Waals surface area (Å²) in [6.45, 7) is 2.98. The van der Waals surface area contributed by atoms with E-state index < -0.39 is 5.97 Å². The first-order valence-corrected chi connectivity index (χ1v) is 6.01. The molecule has 2 aromatic heterocycles. The number of hydrogen-bond acceptors (Lipinski definition) is 4. The predicted molar refractivity (Wildman–Crippen MR) is 70.3 cm³/mol.